The van der Waals surface area contributed by atoms with Gasteiger partial charge in [0.1, 0.15) is 9.96 Å². The molecule has 0 saturated heterocycles. The number of anilines is 1. The number of rotatable bonds is 5. The van der Waals surface area contributed by atoms with Gasteiger partial charge in [-0.15, -0.1) is 11.3 Å². The lowest BCUT2D eigenvalue weighted by molar-refractivity contribution is 0.417. The van der Waals surface area contributed by atoms with Crippen LogP contribution in [0.1, 0.15) is 17.4 Å². The number of hydrogen-bond acceptors (Lipinski definition) is 4. The summed E-state index contributed by atoms with van der Waals surface area (Å²) in [7, 11) is -2.15. The van der Waals surface area contributed by atoms with Crippen molar-refractivity contribution in [3.63, 3.8) is 0 Å². The third-order valence-electron chi connectivity index (χ3n) is 2.98. The van der Waals surface area contributed by atoms with Gasteiger partial charge in [0, 0.05) is 16.0 Å². The normalized spacial score (nSPS) is 11.4. The van der Waals surface area contributed by atoms with Gasteiger partial charge in [0.2, 0.25) is 0 Å². The van der Waals surface area contributed by atoms with E-state index in [-0.39, 0.29) is 4.21 Å². The van der Waals surface area contributed by atoms with Crippen molar-refractivity contribution in [1.82, 2.24) is 0 Å². The molecule has 0 atom stereocenters. The summed E-state index contributed by atoms with van der Waals surface area (Å²) < 4.78 is 32.8. The quantitative estimate of drug-likeness (QED) is 0.888. The minimum atomic E-state index is -3.62. The van der Waals surface area contributed by atoms with Crippen LogP contribution in [0, 0.1) is 6.92 Å². The van der Waals surface area contributed by atoms with Crippen LogP contribution in [0.3, 0.4) is 0 Å². The fourth-order valence-corrected chi connectivity index (χ4v) is 4.31. The second-order valence-electron chi connectivity index (χ2n) is 4.48. The summed E-state index contributed by atoms with van der Waals surface area (Å²) in [4.78, 5) is 1.02. The Balaban J connectivity index is 2.38. The molecule has 0 bridgehead atoms. The molecule has 1 aromatic carbocycles. The molecule has 21 heavy (non-hydrogen) atoms. The van der Waals surface area contributed by atoms with Gasteiger partial charge >= 0.3 is 0 Å². The highest BCUT2D eigenvalue weighted by Gasteiger charge is 2.19. The number of benzene rings is 1. The Morgan fingerprint density at radius 3 is 2.62 bits per heavy atom. The highest BCUT2D eigenvalue weighted by Crippen LogP contribution is 2.33. The summed E-state index contributed by atoms with van der Waals surface area (Å²) >= 11 is 7.28. The molecule has 0 aliphatic carbocycles. The predicted molar refractivity (Wildman–Crippen MR) is 87.2 cm³/mol. The minimum Gasteiger partial charge on any atom is -0.495 e. The van der Waals surface area contributed by atoms with E-state index in [9.17, 15) is 8.42 Å². The van der Waals surface area contributed by atoms with Gasteiger partial charge in [0.05, 0.1) is 12.8 Å². The molecule has 7 heteroatoms. The maximum absolute atomic E-state index is 12.4. The molecule has 0 unspecified atom stereocenters. The maximum atomic E-state index is 12.4. The Morgan fingerprint density at radius 2 is 2.05 bits per heavy atom. The molecule has 0 aliphatic heterocycles. The molecule has 0 saturated carbocycles. The molecular weight excluding hydrogens is 330 g/mol. The van der Waals surface area contributed by atoms with Crippen molar-refractivity contribution in [3.8, 4) is 5.75 Å². The molecule has 0 radical (unpaired) electrons. The highest BCUT2D eigenvalue weighted by atomic mass is 35.5. The number of sulfonamides is 1. The summed E-state index contributed by atoms with van der Waals surface area (Å²) in [5.74, 6) is 0.390. The fraction of sp³-hybridized carbons (Fsp3) is 0.286. The molecule has 1 aromatic heterocycles. The van der Waals surface area contributed by atoms with Gasteiger partial charge in [-0.05, 0) is 37.1 Å². The second-order valence-corrected chi connectivity index (χ2v) is 7.97. The zero-order valence-corrected chi connectivity index (χ0v) is 14.3. The Hall–Kier alpha value is -1.24. The maximum Gasteiger partial charge on any atom is 0.271 e. The Labute approximate surface area is 133 Å². The van der Waals surface area contributed by atoms with Crippen molar-refractivity contribution in [1.29, 1.82) is 0 Å². The second kappa shape index (κ2) is 6.25. The predicted octanol–water partition coefficient (Wildman–Crippen LogP) is 4.08. The Morgan fingerprint density at radius 1 is 1.33 bits per heavy atom. The van der Waals surface area contributed by atoms with E-state index in [4.69, 9.17) is 16.3 Å². The number of methoxy groups -OCH3 is 1. The smallest absolute Gasteiger partial charge is 0.271 e. The van der Waals surface area contributed by atoms with E-state index in [0.29, 0.717) is 16.5 Å². The number of ether oxygens (including phenoxy) is 1. The van der Waals surface area contributed by atoms with E-state index >= 15 is 0 Å². The first-order valence-electron chi connectivity index (χ1n) is 6.33. The summed E-state index contributed by atoms with van der Waals surface area (Å²) in [6.07, 6.45) is 0.809. The lowest BCUT2D eigenvalue weighted by atomic mass is 10.2. The first kappa shape index (κ1) is 16.1. The van der Waals surface area contributed by atoms with Gasteiger partial charge < -0.3 is 4.74 Å². The average Bonchev–Trinajstić information content (AvgIpc) is 2.92. The largest absolute Gasteiger partial charge is 0.495 e. The van der Waals surface area contributed by atoms with Gasteiger partial charge in [-0.25, -0.2) is 8.42 Å². The van der Waals surface area contributed by atoms with Crippen LogP contribution in [-0.2, 0) is 16.4 Å². The number of aryl methyl sites for hydroxylation is 2. The van der Waals surface area contributed by atoms with E-state index < -0.39 is 10.0 Å². The summed E-state index contributed by atoms with van der Waals surface area (Å²) in [5, 5.41) is 0.527. The van der Waals surface area contributed by atoms with Crippen LogP contribution in [0.5, 0.6) is 5.75 Å². The molecule has 2 rings (SSSR count). The van der Waals surface area contributed by atoms with Gasteiger partial charge in [0.25, 0.3) is 10.0 Å². The summed E-state index contributed by atoms with van der Waals surface area (Å²) in [6, 6.07) is 6.69. The van der Waals surface area contributed by atoms with Crippen molar-refractivity contribution in [2.75, 3.05) is 11.8 Å². The molecule has 0 fully saturated rings. The van der Waals surface area contributed by atoms with Gasteiger partial charge in [0.15, 0.2) is 0 Å². The first-order chi connectivity index (χ1) is 9.87. The van der Waals surface area contributed by atoms with Gasteiger partial charge in [-0.3, -0.25) is 4.72 Å². The number of hydrogen-bond donors (Lipinski definition) is 1. The highest BCUT2D eigenvalue weighted by molar-refractivity contribution is 7.94. The Kier molecular flexibility index (Phi) is 4.81. The van der Waals surface area contributed by atoms with Crippen LogP contribution < -0.4 is 9.46 Å². The molecule has 0 aliphatic rings. The van der Waals surface area contributed by atoms with E-state index in [1.54, 1.807) is 25.1 Å². The summed E-state index contributed by atoms with van der Waals surface area (Å²) in [6.45, 7) is 3.79. The van der Waals surface area contributed by atoms with E-state index in [0.717, 1.165) is 16.9 Å². The van der Waals surface area contributed by atoms with E-state index in [1.807, 2.05) is 13.0 Å². The van der Waals surface area contributed by atoms with Gasteiger partial charge in [-0.2, -0.15) is 0 Å². The van der Waals surface area contributed by atoms with Crippen molar-refractivity contribution >= 4 is 38.6 Å². The third-order valence-corrected chi connectivity index (χ3v) is 6.47. The lowest BCUT2D eigenvalue weighted by Gasteiger charge is -2.12. The number of halogens is 1. The topological polar surface area (TPSA) is 55.4 Å². The van der Waals surface area contributed by atoms with Crippen molar-refractivity contribution < 1.29 is 13.2 Å². The third kappa shape index (κ3) is 3.51. The van der Waals surface area contributed by atoms with Crippen molar-refractivity contribution in [3.05, 3.63) is 39.7 Å². The van der Waals surface area contributed by atoms with Crippen molar-refractivity contribution in [2.45, 2.75) is 24.5 Å². The molecule has 4 nitrogen and oxygen atoms in total. The SMILES string of the molecule is CCc1ccc(S(=O)(=O)Nc2cc(C)c(Cl)cc2OC)s1. The zero-order valence-electron chi connectivity index (χ0n) is 11.9. The monoisotopic (exact) mass is 345 g/mol. The average molecular weight is 346 g/mol. The van der Waals surface area contributed by atoms with Gasteiger partial charge in [-0.1, -0.05) is 18.5 Å². The molecule has 0 amide bonds. The van der Waals surface area contributed by atoms with Crippen LogP contribution >= 0.6 is 22.9 Å². The molecule has 1 N–H and O–H groups in total. The zero-order chi connectivity index (χ0) is 15.6. The first-order valence-corrected chi connectivity index (χ1v) is 9.00. The van der Waals surface area contributed by atoms with E-state index in [1.165, 1.54) is 18.4 Å². The van der Waals surface area contributed by atoms with E-state index in [2.05, 4.69) is 4.72 Å². The number of thiophene rings is 1. The molecule has 2 aromatic rings. The van der Waals surface area contributed by atoms with Crippen LogP contribution in [-0.4, -0.2) is 15.5 Å². The lowest BCUT2D eigenvalue weighted by Crippen LogP contribution is -2.12. The van der Waals surface area contributed by atoms with Crippen LogP contribution in [0.4, 0.5) is 5.69 Å². The van der Waals surface area contributed by atoms with Crippen LogP contribution in [0.15, 0.2) is 28.5 Å². The molecule has 1 heterocycles. The van der Waals surface area contributed by atoms with Crippen LogP contribution in [0.25, 0.3) is 0 Å². The molecule has 0 spiro atoms. The van der Waals surface area contributed by atoms with Crippen LogP contribution in [0.2, 0.25) is 5.02 Å². The minimum absolute atomic E-state index is 0.286. The summed E-state index contributed by atoms with van der Waals surface area (Å²) in [5.41, 5.74) is 1.15. The van der Waals surface area contributed by atoms with Crippen molar-refractivity contribution in [2.24, 2.45) is 0 Å². The number of nitrogens with one attached hydrogen (secondary N) is 1. The fourth-order valence-electron chi connectivity index (χ4n) is 1.80. The molecule has 114 valence electrons. The Bertz CT molecular complexity index is 754. The standard InChI is InChI=1S/C14H16ClNO3S2/c1-4-10-5-6-14(20-10)21(17,18)16-12-7-9(2)11(15)8-13(12)19-3/h5-8,16H,4H2,1-3H3. The molecular formula is C14H16ClNO3S2.